The lowest BCUT2D eigenvalue weighted by molar-refractivity contribution is 0.297. The van der Waals surface area contributed by atoms with Gasteiger partial charge in [0.05, 0.1) is 12.1 Å². The van der Waals surface area contributed by atoms with E-state index in [1.165, 1.54) is 25.7 Å². The first-order valence-corrected chi connectivity index (χ1v) is 7.31. The van der Waals surface area contributed by atoms with E-state index in [2.05, 4.69) is 9.88 Å². The summed E-state index contributed by atoms with van der Waals surface area (Å²) in [5.74, 6) is 0. The first kappa shape index (κ1) is 13.2. The lowest BCUT2D eigenvalue weighted by Gasteiger charge is -2.31. The molecule has 2 aromatic rings. The number of hydrogen-bond donors (Lipinski definition) is 2. The van der Waals surface area contributed by atoms with Crippen molar-refractivity contribution in [1.29, 1.82) is 0 Å². The molecule has 1 saturated carbocycles. The van der Waals surface area contributed by atoms with Gasteiger partial charge in [0.15, 0.2) is 0 Å². The van der Waals surface area contributed by atoms with E-state index >= 15 is 0 Å². The largest absolute Gasteiger partial charge is 0.399 e. The predicted molar refractivity (Wildman–Crippen MR) is 82.8 cm³/mol. The molecule has 1 heterocycles. The van der Waals surface area contributed by atoms with Crippen LogP contribution in [0.3, 0.4) is 0 Å². The van der Waals surface area contributed by atoms with E-state index in [-0.39, 0.29) is 6.61 Å². The van der Waals surface area contributed by atoms with Crippen LogP contribution in [0.15, 0.2) is 30.5 Å². The molecule has 0 aliphatic heterocycles. The molecule has 1 aromatic heterocycles. The van der Waals surface area contributed by atoms with Gasteiger partial charge in [-0.05, 0) is 37.1 Å². The summed E-state index contributed by atoms with van der Waals surface area (Å²) in [6.45, 7) is 0.851. The van der Waals surface area contributed by atoms with Gasteiger partial charge in [0.1, 0.15) is 0 Å². The topological polar surface area (TPSA) is 62.4 Å². The molecule has 1 fully saturated rings. The van der Waals surface area contributed by atoms with Crippen LogP contribution in [-0.2, 0) is 0 Å². The third-order valence-electron chi connectivity index (χ3n) is 4.16. The van der Waals surface area contributed by atoms with Crippen LogP contribution in [-0.4, -0.2) is 29.3 Å². The molecule has 3 rings (SSSR count). The molecule has 3 N–H and O–H groups in total. The van der Waals surface area contributed by atoms with Gasteiger partial charge >= 0.3 is 0 Å². The van der Waals surface area contributed by atoms with Gasteiger partial charge in [-0.1, -0.05) is 12.8 Å². The Balaban J connectivity index is 2.05. The average Bonchev–Trinajstić information content (AvgIpc) is 2.98. The van der Waals surface area contributed by atoms with Crippen LogP contribution in [0.1, 0.15) is 25.7 Å². The summed E-state index contributed by atoms with van der Waals surface area (Å²) in [7, 11) is 0. The maximum atomic E-state index is 9.40. The molecule has 4 nitrogen and oxygen atoms in total. The van der Waals surface area contributed by atoms with E-state index in [1.54, 1.807) is 0 Å². The number of aromatic nitrogens is 1. The van der Waals surface area contributed by atoms with Crippen molar-refractivity contribution in [3.63, 3.8) is 0 Å². The van der Waals surface area contributed by atoms with Gasteiger partial charge in [-0.2, -0.15) is 0 Å². The molecular weight excluding hydrogens is 250 g/mol. The van der Waals surface area contributed by atoms with Gasteiger partial charge in [-0.25, -0.2) is 0 Å². The lowest BCUT2D eigenvalue weighted by atomic mass is 10.1. The summed E-state index contributed by atoms with van der Waals surface area (Å²) in [6.07, 6.45) is 6.80. The normalized spacial score (nSPS) is 15.8. The monoisotopic (exact) mass is 271 g/mol. The van der Waals surface area contributed by atoms with Gasteiger partial charge in [0.2, 0.25) is 0 Å². The average molecular weight is 271 g/mol. The van der Waals surface area contributed by atoms with E-state index in [0.29, 0.717) is 12.6 Å². The van der Waals surface area contributed by atoms with Crippen molar-refractivity contribution in [2.24, 2.45) is 0 Å². The summed E-state index contributed by atoms with van der Waals surface area (Å²) >= 11 is 0. The highest BCUT2D eigenvalue weighted by atomic mass is 16.3. The van der Waals surface area contributed by atoms with E-state index in [1.807, 2.05) is 30.5 Å². The van der Waals surface area contributed by atoms with Crippen LogP contribution in [0.5, 0.6) is 0 Å². The molecular formula is C16H21N3O. The SMILES string of the molecule is Nc1ccc2c(N(CCO)C3CCCC3)ccnc2c1. The van der Waals surface area contributed by atoms with Crippen LogP contribution in [0.25, 0.3) is 10.9 Å². The van der Waals surface area contributed by atoms with E-state index in [4.69, 9.17) is 5.73 Å². The second kappa shape index (κ2) is 5.67. The van der Waals surface area contributed by atoms with Crippen molar-refractivity contribution in [2.45, 2.75) is 31.7 Å². The number of benzene rings is 1. The Morgan fingerprint density at radius 3 is 2.80 bits per heavy atom. The molecule has 0 unspecified atom stereocenters. The van der Waals surface area contributed by atoms with Crippen molar-refractivity contribution < 1.29 is 5.11 Å². The highest BCUT2D eigenvalue weighted by molar-refractivity contribution is 5.93. The molecule has 0 radical (unpaired) electrons. The van der Waals surface area contributed by atoms with E-state index in [0.717, 1.165) is 22.3 Å². The number of anilines is 2. The highest BCUT2D eigenvalue weighted by Crippen LogP contribution is 2.32. The lowest BCUT2D eigenvalue weighted by Crippen LogP contribution is -2.35. The van der Waals surface area contributed by atoms with Gasteiger partial charge < -0.3 is 15.7 Å². The van der Waals surface area contributed by atoms with Crippen LogP contribution in [0, 0.1) is 0 Å². The number of fused-ring (bicyclic) bond motifs is 1. The maximum absolute atomic E-state index is 9.40. The number of aliphatic hydroxyl groups excluding tert-OH is 1. The van der Waals surface area contributed by atoms with Crippen molar-refractivity contribution in [3.8, 4) is 0 Å². The molecule has 0 amide bonds. The highest BCUT2D eigenvalue weighted by Gasteiger charge is 2.23. The molecule has 0 spiro atoms. The molecule has 0 atom stereocenters. The summed E-state index contributed by atoms with van der Waals surface area (Å²) in [5.41, 5.74) is 8.65. The molecule has 106 valence electrons. The van der Waals surface area contributed by atoms with Gasteiger partial charge in [0, 0.05) is 35.5 Å². The molecule has 1 aromatic carbocycles. The molecule has 0 saturated heterocycles. The minimum absolute atomic E-state index is 0.176. The summed E-state index contributed by atoms with van der Waals surface area (Å²) in [5, 5.41) is 10.5. The van der Waals surface area contributed by atoms with E-state index < -0.39 is 0 Å². The fraction of sp³-hybridized carbons (Fsp3) is 0.438. The van der Waals surface area contributed by atoms with Gasteiger partial charge in [-0.15, -0.1) is 0 Å². The standard InChI is InChI=1S/C16H21N3O/c17-12-5-6-14-15(11-12)18-8-7-16(14)19(9-10-20)13-3-1-2-4-13/h5-8,11,13,20H,1-4,9-10,17H2. The zero-order chi connectivity index (χ0) is 13.9. The Labute approximate surface area is 119 Å². The second-order valence-electron chi connectivity index (χ2n) is 5.46. The van der Waals surface area contributed by atoms with Crippen LogP contribution >= 0.6 is 0 Å². The number of nitrogen functional groups attached to an aromatic ring is 1. The minimum Gasteiger partial charge on any atom is -0.399 e. The second-order valence-corrected chi connectivity index (χ2v) is 5.46. The third-order valence-corrected chi connectivity index (χ3v) is 4.16. The zero-order valence-corrected chi connectivity index (χ0v) is 11.6. The van der Waals surface area contributed by atoms with E-state index in [9.17, 15) is 5.11 Å². The van der Waals surface area contributed by atoms with Crippen molar-refractivity contribution >= 4 is 22.3 Å². The molecule has 1 aliphatic carbocycles. The quantitative estimate of drug-likeness (QED) is 0.839. The third kappa shape index (κ3) is 2.43. The van der Waals surface area contributed by atoms with Crippen LogP contribution < -0.4 is 10.6 Å². The molecule has 1 aliphatic rings. The number of pyridine rings is 1. The summed E-state index contributed by atoms with van der Waals surface area (Å²) < 4.78 is 0. The number of aliphatic hydroxyl groups is 1. The molecule has 20 heavy (non-hydrogen) atoms. The number of rotatable bonds is 4. The number of nitrogens with two attached hydrogens (primary N) is 1. The first-order chi connectivity index (χ1) is 9.79. The Hall–Kier alpha value is -1.81. The number of nitrogens with zero attached hydrogens (tertiary/aromatic N) is 2. The zero-order valence-electron chi connectivity index (χ0n) is 11.6. The van der Waals surface area contributed by atoms with Gasteiger partial charge in [-0.3, -0.25) is 4.98 Å². The van der Waals surface area contributed by atoms with Crippen molar-refractivity contribution in [2.75, 3.05) is 23.8 Å². The van der Waals surface area contributed by atoms with Crippen LogP contribution in [0.2, 0.25) is 0 Å². The predicted octanol–water partition coefficient (Wildman–Crippen LogP) is 2.56. The van der Waals surface area contributed by atoms with Crippen molar-refractivity contribution in [1.82, 2.24) is 4.98 Å². The summed E-state index contributed by atoms with van der Waals surface area (Å²) in [6, 6.07) is 8.44. The van der Waals surface area contributed by atoms with Gasteiger partial charge in [0.25, 0.3) is 0 Å². The fourth-order valence-corrected chi connectivity index (χ4v) is 3.22. The smallest absolute Gasteiger partial charge is 0.0743 e. The molecule has 0 bridgehead atoms. The maximum Gasteiger partial charge on any atom is 0.0743 e. The Kier molecular flexibility index (Phi) is 3.74. The Morgan fingerprint density at radius 2 is 2.05 bits per heavy atom. The fourth-order valence-electron chi connectivity index (χ4n) is 3.22. The van der Waals surface area contributed by atoms with Crippen molar-refractivity contribution in [3.05, 3.63) is 30.5 Å². The Bertz CT molecular complexity index is 593. The number of hydrogen-bond acceptors (Lipinski definition) is 4. The Morgan fingerprint density at radius 1 is 1.25 bits per heavy atom. The molecule has 4 heteroatoms. The minimum atomic E-state index is 0.176. The summed E-state index contributed by atoms with van der Waals surface area (Å²) in [4.78, 5) is 6.74. The first-order valence-electron chi connectivity index (χ1n) is 7.31. The van der Waals surface area contributed by atoms with Crippen LogP contribution in [0.4, 0.5) is 11.4 Å².